The number of rotatable bonds is 6. The van der Waals surface area contributed by atoms with Gasteiger partial charge in [0.1, 0.15) is 11.5 Å². The number of halogens is 1. The molecule has 2 rings (SSSR count). The molecule has 1 heterocycles. The molecule has 0 bridgehead atoms. The molecule has 2 amide bonds. The van der Waals surface area contributed by atoms with E-state index in [1.807, 2.05) is 31.1 Å². The van der Waals surface area contributed by atoms with Crippen molar-refractivity contribution in [2.24, 2.45) is 0 Å². The van der Waals surface area contributed by atoms with E-state index in [0.717, 1.165) is 5.76 Å². The summed E-state index contributed by atoms with van der Waals surface area (Å²) in [4.78, 5) is 14.1. The summed E-state index contributed by atoms with van der Waals surface area (Å²) in [6.45, 7) is 0.398. The highest BCUT2D eigenvalue weighted by Crippen LogP contribution is 2.27. The first kappa shape index (κ1) is 17.2. The number of methoxy groups -OCH3 is 1. The van der Waals surface area contributed by atoms with Crippen molar-refractivity contribution in [3.8, 4) is 5.75 Å². The average molecular weight is 338 g/mol. The Hall–Kier alpha value is -2.18. The number of urea groups is 1. The number of carbonyl (C=O) groups excluding carboxylic acids is 1. The second-order valence-corrected chi connectivity index (χ2v) is 5.61. The van der Waals surface area contributed by atoms with Crippen LogP contribution in [0.3, 0.4) is 0 Å². The molecule has 0 aliphatic carbocycles. The van der Waals surface area contributed by atoms with Gasteiger partial charge in [-0.25, -0.2) is 4.79 Å². The van der Waals surface area contributed by atoms with E-state index in [1.165, 1.54) is 7.11 Å². The normalized spacial score (nSPS) is 12.0. The number of anilines is 1. The van der Waals surface area contributed by atoms with E-state index in [2.05, 4.69) is 10.6 Å². The molecule has 0 saturated heterocycles. The quantitative estimate of drug-likeness (QED) is 0.848. The Morgan fingerprint density at radius 1 is 1.39 bits per heavy atom. The summed E-state index contributed by atoms with van der Waals surface area (Å²) in [6.07, 6.45) is 1.61. The van der Waals surface area contributed by atoms with E-state index in [4.69, 9.17) is 20.8 Å². The third-order valence-corrected chi connectivity index (χ3v) is 3.60. The summed E-state index contributed by atoms with van der Waals surface area (Å²) in [6, 6.07) is 8.33. The number of nitrogens with zero attached hydrogens (tertiary/aromatic N) is 1. The van der Waals surface area contributed by atoms with Gasteiger partial charge in [-0.05, 0) is 44.4 Å². The van der Waals surface area contributed by atoms with Crippen LogP contribution in [0, 0.1) is 0 Å². The molecule has 1 atom stereocenters. The van der Waals surface area contributed by atoms with E-state index < -0.39 is 0 Å². The standard InChI is InChI=1S/C16H20ClN3O3/c1-20(2)13(15-5-4-8-23-15)10-18-16(21)19-12-9-11(17)6-7-14(12)22-3/h4-9,13H,10H2,1-3H3,(H2,18,19,21). The zero-order valence-electron chi connectivity index (χ0n) is 13.3. The lowest BCUT2D eigenvalue weighted by Crippen LogP contribution is -2.36. The van der Waals surface area contributed by atoms with Crippen molar-refractivity contribution in [2.45, 2.75) is 6.04 Å². The van der Waals surface area contributed by atoms with Gasteiger partial charge in [0.15, 0.2) is 0 Å². The number of nitrogens with one attached hydrogen (secondary N) is 2. The van der Waals surface area contributed by atoms with Gasteiger partial charge in [0, 0.05) is 11.6 Å². The van der Waals surface area contributed by atoms with E-state index >= 15 is 0 Å². The number of hydrogen-bond acceptors (Lipinski definition) is 4. The monoisotopic (exact) mass is 337 g/mol. The van der Waals surface area contributed by atoms with Gasteiger partial charge in [-0.2, -0.15) is 0 Å². The van der Waals surface area contributed by atoms with E-state index in [-0.39, 0.29) is 12.1 Å². The fourth-order valence-electron chi connectivity index (χ4n) is 2.15. The second-order valence-electron chi connectivity index (χ2n) is 5.17. The summed E-state index contributed by atoms with van der Waals surface area (Å²) < 4.78 is 10.6. The average Bonchev–Trinajstić information content (AvgIpc) is 3.01. The molecule has 1 aromatic heterocycles. The first-order valence-corrected chi connectivity index (χ1v) is 7.47. The summed E-state index contributed by atoms with van der Waals surface area (Å²) in [5, 5.41) is 6.07. The van der Waals surface area contributed by atoms with Crippen molar-refractivity contribution >= 4 is 23.3 Å². The van der Waals surface area contributed by atoms with Crippen molar-refractivity contribution in [3.05, 3.63) is 47.4 Å². The molecule has 23 heavy (non-hydrogen) atoms. The number of hydrogen-bond donors (Lipinski definition) is 2. The number of benzene rings is 1. The van der Waals surface area contributed by atoms with Crippen LogP contribution in [0.4, 0.5) is 10.5 Å². The topological polar surface area (TPSA) is 66.7 Å². The molecule has 2 N–H and O–H groups in total. The molecule has 2 aromatic rings. The van der Waals surface area contributed by atoms with Gasteiger partial charge >= 0.3 is 6.03 Å². The number of likely N-dealkylation sites (N-methyl/N-ethyl adjacent to an activating group) is 1. The van der Waals surface area contributed by atoms with Gasteiger partial charge in [-0.1, -0.05) is 11.6 Å². The number of ether oxygens (including phenoxy) is 1. The minimum Gasteiger partial charge on any atom is -0.495 e. The van der Waals surface area contributed by atoms with Crippen molar-refractivity contribution in [1.82, 2.24) is 10.2 Å². The number of amides is 2. The van der Waals surface area contributed by atoms with Gasteiger partial charge < -0.3 is 19.8 Å². The SMILES string of the molecule is COc1ccc(Cl)cc1NC(=O)NCC(c1ccco1)N(C)C. The first-order chi connectivity index (χ1) is 11.0. The van der Waals surface area contributed by atoms with Crippen LogP contribution in [0.5, 0.6) is 5.75 Å². The maximum absolute atomic E-state index is 12.1. The molecular weight excluding hydrogens is 318 g/mol. The maximum atomic E-state index is 12.1. The summed E-state index contributed by atoms with van der Waals surface area (Å²) in [5.41, 5.74) is 0.511. The Kier molecular flexibility index (Phi) is 5.90. The lowest BCUT2D eigenvalue weighted by Gasteiger charge is -2.22. The highest BCUT2D eigenvalue weighted by atomic mass is 35.5. The van der Waals surface area contributed by atoms with Gasteiger partial charge in [-0.15, -0.1) is 0 Å². The van der Waals surface area contributed by atoms with Crippen LogP contribution < -0.4 is 15.4 Å². The predicted molar refractivity (Wildman–Crippen MR) is 90.2 cm³/mol. The highest BCUT2D eigenvalue weighted by molar-refractivity contribution is 6.31. The molecule has 0 aliphatic rings. The molecule has 7 heteroatoms. The fraction of sp³-hybridized carbons (Fsp3) is 0.312. The van der Waals surface area contributed by atoms with Gasteiger partial charge in [0.05, 0.1) is 25.1 Å². The predicted octanol–water partition coefficient (Wildman–Crippen LogP) is 3.37. The van der Waals surface area contributed by atoms with Gasteiger partial charge in [0.2, 0.25) is 0 Å². The molecule has 0 spiro atoms. The van der Waals surface area contributed by atoms with Crippen molar-refractivity contribution in [1.29, 1.82) is 0 Å². The lowest BCUT2D eigenvalue weighted by molar-refractivity contribution is 0.233. The molecule has 0 radical (unpaired) electrons. The Morgan fingerprint density at radius 2 is 2.17 bits per heavy atom. The van der Waals surface area contributed by atoms with Crippen LogP contribution >= 0.6 is 11.6 Å². The summed E-state index contributed by atoms with van der Waals surface area (Å²) in [7, 11) is 5.38. The van der Waals surface area contributed by atoms with Crippen LogP contribution in [0.25, 0.3) is 0 Å². The highest BCUT2D eigenvalue weighted by Gasteiger charge is 2.18. The largest absolute Gasteiger partial charge is 0.495 e. The number of furan rings is 1. The Bertz CT molecular complexity index is 644. The molecule has 1 aromatic carbocycles. The van der Waals surface area contributed by atoms with E-state index in [1.54, 1.807) is 24.5 Å². The van der Waals surface area contributed by atoms with Gasteiger partial charge in [0.25, 0.3) is 0 Å². The van der Waals surface area contributed by atoms with Crippen molar-refractivity contribution in [3.63, 3.8) is 0 Å². The van der Waals surface area contributed by atoms with Crippen molar-refractivity contribution < 1.29 is 13.9 Å². The first-order valence-electron chi connectivity index (χ1n) is 7.09. The minimum atomic E-state index is -0.344. The Morgan fingerprint density at radius 3 is 2.78 bits per heavy atom. The van der Waals surface area contributed by atoms with Crippen LogP contribution in [0.15, 0.2) is 41.0 Å². The lowest BCUT2D eigenvalue weighted by atomic mass is 10.2. The Labute approximate surface area is 140 Å². The molecule has 124 valence electrons. The number of carbonyl (C=O) groups is 1. The zero-order chi connectivity index (χ0) is 16.8. The molecule has 0 saturated carbocycles. The zero-order valence-corrected chi connectivity index (χ0v) is 14.1. The van der Waals surface area contributed by atoms with Crippen LogP contribution in [-0.4, -0.2) is 38.7 Å². The molecule has 1 unspecified atom stereocenters. The molecular formula is C16H20ClN3O3. The molecule has 0 aliphatic heterocycles. The van der Waals surface area contributed by atoms with Crippen LogP contribution in [0.2, 0.25) is 5.02 Å². The van der Waals surface area contributed by atoms with Crippen LogP contribution in [-0.2, 0) is 0 Å². The van der Waals surface area contributed by atoms with Gasteiger partial charge in [-0.3, -0.25) is 4.90 Å². The summed E-state index contributed by atoms with van der Waals surface area (Å²) in [5.74, 6) is 1.33. The molecule has 0 fully saturated rings. The van der Waals surface area contributed by atoms with E-state index in [9.17, 15) is 4.79 Å². The Balaban J connectivity index is 1.98. The maximum Gasteiger partial charge on any atom is 0.319 e. The summed E-state index contributed by atoms with van der Waals surface area (Å²) >= 11 is 5.95. The second kappa shape index (κ2) is 7.89. The van der Waals surface area contributed by atoms with Crippen LogP contribution in [0.1, 0.15) is 11.8 Å². The third kappa shape index (κ3) is 4.64. The third-order valence-electron chi connectivity index (χ3n) is 3.36. The fourth-order valence-corrected chi connectivity index (χ4v) is 2.32. The minimum absolute atomic E-state index is 0.0583. The van der Waals surface area contributed by atoms with Crippen molar-refractivity contribution in [2.75, 3.05) is 33.1 Å². The molecule has 6 nitrogen and oxygen atoms in total. The smallest absolute Gasteiger partial charge is 0.319 e. The van der Waals surface area contributed by atoms with E-state index in [0.29, 0.717) is 23.0 Å².